The van der Waals surface area contributed by atoms with E-state index in [2.05, 4.69) is 60.4 Å². The molecule has 0 aliphatic rings. The molecule has 0 radical (unpaired) electrons. The van der Waals surface area contributed by atoms with Gasteiger partial charge in [-0.1, -0.05) is 12.1 Å². The summed E-state index contributed by atoms with van der Waals surface area (Å²) >= 11 is 0. The molecule has 0 atom stereocenters. The molecule has 2 rings (SSSR count). The van der Waals surface area contributed by atoms with Crippen LogP contribution in [0.15, 0.2) is 30.3 Å². The van der Waals surface area contributed by atoms with Crippen molar-refractivity contribution >= 4 is 17.3 Å². The first-order valence-corrected chi connectivity index (χ1v) is 6.79. The van der Waals surface area contributed by atoms with Gasteiger partial charge in [0.15, 0.2) is 0 Å². The highest BCUT2D eigenvalue weighted by atomic mass is 15.1. The van der Waals surface area contributed by atoms with Gasteiger partial charge < -0.3 is 10.6 Å². The summed E-state index contributed by atoms with van der Waals surface area (Å²) in [6, 6.07) is 10.2. The topological polar surface area (TPSA) is 49.8 Å². The Hall–Kier alpha value is -2.10. The zero-order chi connectivity index (χ0) is 14.8. The van der Waals surface area contributed by atoms with Gasteiger partial charge in [-0.3, -0.25) is 0 Å². The molecule has 4 nitrogen and oxygen atoms in total. The molecule has 2 aromatic rings. The minimum absolute atomic E-state index is 0.0264. The van der Waals surface area contributed by atoms with E-state index in [1.807, 2.05) is 25.1 Å². The van der Waals surface area contributed by atoms with Crippen molar-refractivity contribution in [2.24, 2.45) is 0 Å². The lowest BCUT2D eigenvalue weighted by atomic mass is 10.1. The molecule has 0 saturated heterocycles. The van der Waals surface area contributed by atoms with Crippen LogP contribution in [0.4, 0.5) is 17.3 Å². The molecule has 0 amide bonds. The minimum atomic E-state index is -0.0264. The normalized spacial score (nSPS) is 11.2. The zero-order valence-electron chi connectivity index (χ0n) is 12.8. The summed E-state index contributed by atoms with van der Waals surface area (Å²) < 4.78 is 0. The summed E-state index contributed by atoms with van der Waals surface area (Å²) in [5, 5.41) is 6.69. The fourth-order valence-corrected chi connectivity index (χ4v) is 1.95. The summed E-state index contributed by atoms with van der Waals surface area (Å²) in [7, 11) is 0. The van der Waals surface area contributed by atoms with Gasteiger partial charge in [-0.05, 0) is 52.3 Å². The van der Waals surface area contributed by atoms with Crippen molar-refractivity contribution in [1.82, 2.24) is 9.97 Å². The van der Waals surface area contributed by atoms with Crippen LogP contribution in [0.3, 0.4) is 0 Å². The van der Waals surface area contributed by atoms with Crippen LogP contribution >= 0.6 is 0 Å². The smallest absolute Gasteiger partial charge is 0.136 e. The van der Waals surface area contributed by atoms with E-state index < -0.39 is 0 Å². The predicted molar refractivity (Wildman–Crippen MR) is 84.6 cm³/mol. The number of benzene rings is 1. The molecule has 1 aromatic carbocycles. The van der Waals surface area contributed by atoms with Gasteiger partial charge >= 0.3 is 0 Å². The summed E-state index contributed by atoms with van der Waals surface area (Å²) in [5.74, 6) is 2.38. The molecular formula is C16H22N4. The van der Waals surface area contributed by atoms with Crippen LogP contribution in [0.25, 0.3) is 0 Å². The maximum Gasteiger partial charge on any atom is 0.136 e. The quantitative estimate of drug-likeness (QED) is 0.883. The van der Waals surface area contributed by atoms with Crippen molar-refractivity contribution in [1.29, 1.82) is 0 Å². The second-order valence-electron chi connectivity index (χ2n) is 6.06. The number of aromatic nitrogens is 2. The van der Waals surface area contributed by atoms with Gasteiger partial charge in [-0.2, -0.15) is 0 Å². The standard InChI is InChI=1S/C16H22N4/c1-11-7-6-8-13(9-11)19-14-10-15(18-12(2)17-14)20-16(3,4)5/h6-10H,1-5H3,(H2,17,18,19,20). The summed E-state index contributed by atoms with van der Waals surface area (Å²) in [4.78, 5) is 8.84. The maximum absolute atomic E-state index is 4.43. The lowest BCUT2D eigenvalue weighted by Gasteiger charge is -2.21. The predicted octanol–water partition coefficient (Wildman–Crippen LogP) is 4.05. The molecule has 2 N–H and O–H groups in total. The first kappa shape index (κ1) is 14.3. The molecule has 0 unspecified atom stereocenters. The molecule has 0 saturated carbocycles. The largest absolute Gasteiger partial charge is 0.365 e. The molecule has 1 heterocycles. The fourth-order valence-electron chi connectivity index (χ4n) is 1.95. The molecule has 20 heavy (non-hydrogen) atoms. The van der Waals surface area contributed by atoms with Crippen LogP contribution in [-0.4, -0.2) is 15.5 Å². The lowest BCUT2D eigenvalue weighted by Crippen LogP contribution is -2.26. The van der Waals surface area contributed by atoms with E-state index >= 15 is 0 Å². The Balaban J connectivity index is 2.24. The van der Waals surface area contributed by atoms with Gasteiger partial charge in [0.25, 0.3) is 0 Å². The SMILES string of the molecule is Cc1cccc(Nc2cc(NC(C)(C)C)nc(C)n2)c1. The maximum atomic E-state index is 4.43. The van der Waals surface area contributed by atoms with Gasteiger partial charge in [0, 0.05) is 17.3 Å². The molecule has 0 spiro atoms. The van der Waals surface area contributed by atoms with Crippen LogP contribution in [0.1, 0.15) is 32.2 Å². The average molecular weight is 270 g/mol. The van der Waals surface area contributed by atoms with Crippen LogP contribution < -0.4 is 10.6 Å². The van der Waals surface area contributed by atoms with Gasteiger partial charge in [0.05, 0.1) is 0 Å². The number of hydrogen-bond donors (Lipinski definition) is 2. The van der Waals surface area contributed by atoms with E-state index in [4.69, 9.17) is 0 Å². The number of rotatable bonds is 3. The average Bonchev–Trinajstić information content (AvgIpc) is 2.25. The van der Waals surface area contributed by atoms with Gasteiger partial charge in [0.1, 0.15) is 17.5 Å². The van der Waals surface area contributed by atoms with Crippen molar-refractivity contribution in [3.05, 3.63) is 41.7 Å². The molecule has 0 aliphatic carbocycles. The van der Waals surface area contributed by atoms with Gasteiger partial charge in [0.2, 0.25) is 0 Å². The number of nitrogens with zero attached hydrogens (tertiary/aromatic N) is 2. The molecule has 0 bridgehead atoms. The highest BCUT2D eigenvalue weighted by Gasteiger charge is 2.11. The molecule has 106 valence electrons. The Morgan fingerprint density at radius 1 is 0.950 bits per heavy atom. The Labute approximate surface area is 120 Å². The van der Waals surface area contributed by atoms with Crippen molar-refractivity contribution < 1.29 is 0 Å². The number of hydrogen-bond acceptors (Lipinski definition) is 4. The zero-order valence-corrected chi connectivity index (χ0v) is 12.8. The Bertz CT molecular complexity index is 600. The molecular weight excluding hydrogens is 248 g/mol. The number of aryl methyl sites for hydroxylation is 2. The first-order chi connectivity index (χ1) is 9.32. The lowest BCUT2D eigenvalue weighted by molar-refractivity contribution is 0.629. The Kier molecular flexibility index (Phi) is 3.93. The summed E-state index contributed by atoms with van der Waals surface area (Å²) in [6.45, 7) is 10.3. The van der Waals surface area contributed by atoms with Crippen LogP contribution in [0, 0.1) is 13.8 Å². The molecule has 4 heteroatoms. The third-order valence-corrected chi connectivity index (χ3v) is 2.63. The Morgan fingerprint density at radius 2 is 1.65 bits per heavy atom. The van der Waals surface area contributed by atoms with Crippen LogP contribution in [-0.2, 0) is 0 Å². The second-order valence-corrected chi connectivity index (χ2v) is 6.06. The molecule has 0 fully saturated rings. The third kappa shape index (κ3) is 4.23. The Morgan fingerprint density at radius 3 is 2.30 bits per heavy atom. The fraction of sp³-hybridized carbons (Fsp3) is 0.375. The highest BCUT2D eigenvalue weighted by molar-refractivity contribution is 5.60. The van der Waals surface area contributed by atoms with E-state index in [-0.39, 0.29) is 5.54 Å². The van der Waals surface area contributed by atoms with Gasteiger partial charge in [-0.15, -0.1) is 0 Å². The van der Waals surface area contributed by atoms with Crippen molar-refractivity contribution in [2.75, 3.05) is 10.6 Å². The summed E-state index contributed by atoms with van der Waals surface area (Å²) in [6.07, 6.45) is 0. The van der Waals surface area contributed by atoms with E-state index in [0.29, 0.717) is 0 Å². The van der Waals surface area contributed by atoms with E-state index in [1.54, 1.807) is 0 Å². The monoisotopic (exact) mass is 270 g/mol. The third-order valence-electron chi connectivity index (χ3n) is 2.63. The summed E-state index contributed by atoms with van der Waals surface area (Å²) in [5.41, 5.74) is 2.22. The molecule has 0 aliphatic heterocycles. The van der Waals surface area contributed by atoms with E-state index in [0.717, 1.165) is 23.1 Å². The highest BCUT2D eigenvalue weighted by Crippen LogP contribution is 2.20. The van der Waals surface area contributed by atoms with Crippen molar-refractivity contribution in [3.63, 3.8) is 0 Å². The first-order valence-electron chi connectivity index (χ1n) is 6.79. The van der Waals surface area contributed by atoms with Crippen molar-refractivity contribution in [2.45, 2.75) is 40.2 Å². The second kappa shape index (κ2) is 5.49. The van der Waals surface area contributed by atoms with Crippen molar-refractivity contribution in [3.8, 4) is 0 Å². The van der Waals surface area contributed by atoms with Gasteiger partial charge in [-0.25, -0.2) is 9.97 Å². The number of anilines is 3. The van der Waals surface area contributed by atoms with Crippen LogP contribution in [0.2, 0.25) is 0 Å². The van der Waals surface area contributed by atoms with Crippen LogP contribution in [0.5, 0.6) is 0 Å². The molecule has 1 aromatic heterocycles. The minimum Gasteiger partial charge on any atom is -0.365 e. The number of nitrogens with one attached hydrogen (secondary N) is 2. The van der Waals surface area contributed by atoms with E-state index in [9.17, 15) is 0 Å². The van der Waals surface area contributed by atoms with E-state index in [1.165, 1.54) is 5.56 Å².